The molecule has 0 aliphatic rings. The summed E-state index contributed by atoms with van der Waals surface area (Å²) >= 11 is 5.19. The number of hydrogen-bond donors (Lipinski definition) is 1. The van der Waals surface area contributed by atoms with E-state index in [9.17, 15) is 4.79 Å². The quantitative estimate of drug-likeness (QED) is 0.491. The molecule has 0 bridgehead atoms. The Balaban J connectivity index is 3.74. The van der Waals surface area contributed by atoms with Crippen molar-refractivity contribution < 1.29 is 16.0 Å². The van der Waals surface area contributed by atoms with E-state index in [4.69, 9.17) is 18.1 Å². The van der Waals surface area contributed by atoms with Gasteiger partial charge in [-0.25, -0.2) is 0 Å². The first kappa shape index (κ1) is 7.82. The molecule has 0 aliphatic carbocycles. The first-order chi connectivity index (χ1) is 5.02. The van der Waals surface area contributed by atoms with Crippen LogP contribution in [0, 0.1) is 0 Å². The fourth-order valence-electron chi connectivity index (χ4n) is 0.426. The number of esters is 1. The van der Waals surface area contributed by atoms with Crippen molar-refractivity contribution in [2.24, 2.45) is 0 Å². The van der Waals surface area contributed by atoms with Crippen LogP contribution in [0.3, 0.4) is 0 Å². The molecule has 0 unspecified atom stereocenters. The van der Waals surface area contributed by atoms with Crippen LogP contribution in [0.4, 0.5) is 0 Å². The number of rotatable bonds is 4. The summed E-state index contributed by atoms with van der Waals surface area (Å²) in [5.41, 5.74) is 0. The maximum Gasteiger partial charge on any atom is 0.308 e. The molecule has 0 aromatic heterocycles. The van der Waals surface area contributed by atoms with Crippen LogP contribution >= 0.6 is 11.6 Å². The second kappa shape index (κ2) is 5.50. The maximum atomic E-state index is 10.7. The Morgan fingerprint density at radius 3 is 3.00 bits per heavy atom. The molecule has 10 heavy (non-hydrogen) atoms. The van der Waals surface area contributed by atoms with Crippen molar-refractivity contribution >= 4 is 17.6 Å². The van der Waals surface area contributed by atoms with Crippen molar-refractivity contribution in [3.8, 4) is 0 Å². The van der Waals surface area contributed by atoms with Crippen molar-refractivity contribution in [1.29, 1.82) is 0 Å². The van der Waals surface area contributed by atoms with Gasteiger partial charge in [-0.1, -0.05) is 0 Å². The van der Waals surface area contributed by atoms with Crippen LogP contribution in [0.25, 0.3) is 0 Å². The molecule has 1 N–H and O–H groups in total. The van der Waals surface area contributed by atoms with E-state index in [0.717, 1.165) is 0 Å². The van der Waals surface area contributed by atoms with Gasteiger partial charge >= 0.3 is 5.97 Å². The summed E-state index contributed by atoms with van der Waals surface area (Å²) in [5, 5.41) is 8.95. The van der Waals surface area contributed by atoms with Crippen molar-refractivity contribution in [2.45, 2.75) is 19.4 Å². The topological polar surface area (TPSA) is 46.5 Å². The smallest absolute Gasteiger partial charge is 0.308 e. The molecular formula is C6H11ClO3. The van der Waals surface area contributed by atoms with Gasteiger partial charge in [0.25, 0.3) is 0 Å². The number of ether oxygens (including phenoxy) is 1. The minimum Gasteiger partial charge on any atom is -0.466 e. The van der Waals surface area contributed by atoms with Crippen LogP contribution in [-0.2, 0) is 9.53 Å². The lowest BCUT2D eigenvalue weighted by atomic mass is 10.3. The minimum atomic E-state index is -1.90. The highest BCUT2D eigenvalue weighted by Gasteiger charge is 2.09. The van der Waals surface area contributed by atoms with Gasteiger partial charge in [0.2, 0.25) is 0 Å². The monoisotopic (exact) mass is 167 g/mol. The van der Waals surface area contributed by atoms with Crippen LogP contribution in [-0.4, -0.2) is 29.6 Å². The zero-order valence-electron chi connectivity index (χ0n) is 6.76. The van der Waals surface area contributed by atoms with Crippen molar-refractivity contribution in [3.63, 3.8) is 0 Å². The van der Waals surface area contributed by atoms with Gasteiger partial charge in [0.05, 0.1) is 20.5 Å². The summed E-state index contributed by atoms with van der Waals surface area (Å²) in [6.45, 7) is 1.90. The molecule has 0 spiro atoms. The third-order valence-corrected chi connectivity index (χ3v) is 1.12. The van der Waals surface area contributed by atoms with Gasteiger partial charge < -0.3 is 9.84 Å². The van der Waals surface area contributed by atoms with Crippen LogP contribution in [0.15, 0.2) is 0 Å². The lowest BCUT2D eigenvalue weighted by Crippen LogP contribution is -2.16. The molecule has 0 saturated carbocycles. The van der Waals surface area contributed by atoms with E-state index < -0.39 is 12.0 Å². The molecule has 0 heterocycles. The van der Waals surface area contributed by atoms with E-state index >= 15 is 0 Å². The summed E-state index contributed by atoms with van der Waals surface area (Å²) in [6, 6.07) is 0. The summed E-state index contributed by atoms with van der Waals surface area (Å²) in [6.07, 6.45) is -2.28. The summed E-state index contributed by atoms with van der Waals surface area (Å²) in [5.74, 6) is -0.906. The normalized spacial score (nSPS) is 17.3. The minimum absolute atomic E-state index is 0.247. The van der Waals surface area contributed by atoms with E-state index in [1.807, 2.05) is 0 Å². The Labute approximate surface area is 66.3 Å². The predicted molar refractivity (Wildman–Crippen MR) is 38.0 cm³/mol. The van der Waals surface area contributed by atoms with Crippen LogP contribution < -0.4 is 0 Å². The van der Waals surface area contributed by atoms with E-state index in [0.29, 0.717) is 0 Å². The predicted octanol–water partition coefficient (Wildman–Crippen LogP) is 0.539. The van der Waals surface area contributed by atoms with Crippen molar-refractivity contribution in [3.05, 3.63) is 0 Å². The molecule has 0 saturated heterocycles. The molecule has 4 heteroatoms. The highest BCUT2D eigenvalue weighted by molar-refractivity contribution is 6.18. The largest absolute Gasteiger partial charge is 0.466 e. The molecule has 0 radical (unpaired) electrons. The average Bonchev–Trinajstić information content (AvgIpc) is 1.87. The summed E-state index contributed by atoms with van der Waals surface area (Å²) in [7, 11) is 0. The summed E-state index contributed by atoms with van der Waals surface area (Å²) < 4.78 is 11.5. The molecule has 60 valence electrons. The molecule has 3 nitrogen and oxygen atoms in total. The number of carbonyl (C=O) groups is 1. The molecule has 1 atom stereocenters. The van der Waals surface area contributed by atoms with Gasteiger partial charge in [-0.15, -0.1) is 11.6 Å². The number of hydrogen-bond acceptors (Lipinski definition) is 3. The van der Waals surface area contributed by atoms with Crippen molar-refractivity contribution in [2.75, 3.05) is 12.5 Å². The van der Waals surface area contributed by atoms with E-state index in [-0.39, 0.29) is 18.9 Å². The summed E-state index contributed by atoms with van der Waals surface area (Å²) in [4.78, 5) is 10.7. The lowest BCUT2D eigenvalue weighted by molar-refractivity contribution is -0.144. The second-order valence-corrected chi connectivity index (χ2v) is 1.95. The van der Waals surface area contributed by atoms with Crippen LogP contribution in [0.2, 0.25) is 0 Å². The zero-order valence-corrected chi connectivity index (χ0v) is 6.52. The molecule has 0 aromatic carbocycles. The van der Waals surface area contributed by atoms with Crippen LogP contribution in [0.1, 0.15) is 14.7 Å². The average molecular weight is 168 g/mol. The van der Waals surface area contributed by atoms with E-state index in [1.165, 1.54) is 0 Å². The van der Waals surface area contributed by atoms with Gasteiger partial charge in [-0.3, -0.25) is 4.79 Å². The Morgan fingerprint density at radius 1 is 2.00 bits per heavy atom. The third-order valence-electron chi connectivity index (χ3n) is 0.808. The van der Waals surface area contributed by atoms with Gasteiger partial charge in [0.1, 0.15) is 0 Å². The Bertz CT molecular complexity index is 138. The Hall–Kier alpha value is -0.280. The van der Waals surface area contributed by atoms with Gasteiger partial charge in [0.15, 0.2) is 0 Å². The second-order valence-electron chi connectivity index (χ2n) is 1.68. The Morgan fingerprint density at radius 2 is 2.60 bits per heavy atom. The first-order valence-electron chi connectivity index (χ1n) is 3.46. The number of carbonyl (C=O) groups excluding carboxylic acids is 1. The van der Waals surface area contributed by atoms with Crippen LogP contribution in [0.5, 0.6) is 0 Å². The number of aliphatic hydroxyl groups is 1. The molecular weight excluding hydrogens is 156 g/mol. The van der Waals surface area contributed by atoms with Gasteiger partial charge in [-0.05, 0) is 6.92 Å². The molecule has 0 aromatic rings. The standard InChI is InChI=1S/C6H11ClO3/c1-2-10-6(9)3-5(8)4-7/h5,8H,2-4H2,1H3/t5-/m1/s1/i5D. The number of alkyl halides is 1. The van der Waals surface area contributed by atoms with Gasteiger partial charge in [-0.2, -0.15) is 0 Å². The van der Waals surface area contributed by atoms with Crippen molar-refractivity contribution in [1.82, 2.24) is 0 Å². The molecule has 0 aliphatic heterocycles. The third kappa shape index (κ3) is 4.58. The lowest BCUT2D eigenvalue weighted by Gasteiger charge is -2.04. The molecule has 0 amide bonds. The highest BCUT2D eigenvalue weighted by Crippen LogP contribution is 1.96. The molecule has 0 rings (SSSR count). The zero-order chi connectivity index (χ0) is 8.91. The first-order valence-corrected chi connectivity index (χ1v) is 3.49. The SMILES string of the molecule is [2H][C@](O)(CCl)CC(=O)OCC. The highest BCUT2D eigenvalue weighted by atomic mass is 35.5. The van der Waals surface area contributed by atoms with E-state index in [2.05, 4.69) is 4.74 Å². The molecule has 0 fully saturated rings. The number of halogens is 1. The Kier molecular flexibility index (Phi) is 4.30. The fraction of sp³-hybridized carbons (Fsp3) is 0.833. The van der Waals surface area contributed by atoms with E-state index in [1.54, 1.807) is 6.92 Å². The van der Waals surface area contributed by atoms with Gasteiger partial charge in [0, 0.05) is 5.88 Å². The maximum absolute atomic E-state index is 10.7. The fourth-order valence-corrected chi connectivity index (χ4v) is 0.520.